The predicted molar refractivity (Wildman–Crippen MR) is 166 cm³/mol. The van der Waals surface area contributed by atoms with E-state index in [0.29, 0.717) is 0 Å². The summed E-state index contributed by atoms with van der Waals surface area (Å²) in [5.41, 5.74) is 10.3. The van der Waals surface area contributed by atoms with Crippen LogP contribution in [0.15, 0.2) is 127 Å². The molecule has 2 unspecified atom stereocenters. The van der Waals surface area contributed by atoms with Crippen LogP contribution in [0.25, 0.3) is 0 Å². The van der Waals surface area contributed by atoms with Gasteiger partial charge in [0.15, 0.2) is 0 Å². The molecule has 5 aromatic rings. The lowest BCUT2D eigenvalue weighted by Gasteiger charge is -2.33. The zero-order valence-corrected chi connectivity index (χ0v) is 23.7. The fraction of sp³-hybridized carbons (Fsp3) is 0.211. The average Bonchev–Trinajstić information content (AvgIpc) is 3.64. The SMILES string of the molecule is COC1(c2ccccc2)CCc2c(N(c3ccccc3)c3cccc4c3CCC4(OC)c3ccccc3)cccc21. The van der Waals surface area contributed by atoms with E-state index in [0.717, 1.165) is 31.4 Å². The van der Waals surface area contributed by atoms with Gasteiger partial charge in [0, 0.05) is 31.3 Å². The van der Waals surface area contributed by atoms with Crippen LogP contribution in [0.2, 0.25) is 0 Å². The summed E-state index contributed by atoms with van der Waals surface area (Å²) in [7, 11) is 3.70. The molecule has 204 valence electrons. The number of anilines is 3. The molecule has 0 spiro atoms. The first-order valence-corrected chi connectivity index (χ1v) is 14.5. The predicted octanol–water partition coefficient (Wildman–Crippen LogP) is 8.83. The normalized spacial score (nSPS) is 20.9. The minimum absolute atomic E-state index is 0.452. The molecule has 0 saturated heterocycles. The van der Waals surface area contributed by atoms with E-state index in [1.165, 1.54) is 44.8 Å². The third-order valence-electron chi connectivity index (χ3n) is 9.30. The van der Waals surface area contributed by atoms with Crippen molar-refractivity contribution in [3.63, 3.8) is 0 Å². The maximum Gasteiger partial charge on any atom is 0.118 e. The van der Waals surface area contributed by atoms with E-state index in [9.17, 15) is 0 Å². The highest BCUT2D eigenvalue weighted by molar-refractivity contribution is 5.83. The van der Waals surface area contributed by atoms with E-state index in [2.05, 4.69) is 132 Å². The van der Waals surface area contributed by atoms with E-state index in [4.69, 9.17) is 9.47 Å². The number of fused-ring (bicyclic) bond motifs is 2. The van der Waals surface area contributed by atoms with Crippen LogP contribution in [0.4, 0.5) is 17.1 Å². The highest BCUT2D eigenvalue weighted by Crippen LogP contribution is 2.53. The number of ether oxygens (including phenoxy) is 2. The third kappa shape index (κ3) is 3.95. The molecule has 0 saturated carbocycles. The van der Waals surface area contributed by atoms with Crippen LogP contribution in [0.1, 0.15) is 46.2 Å². The van der Waals surface area contributed by atoms with Crippen LogP contribution in [-0.2, 0) is 33.5 Å². The Morgan fingerprint density at radius 1 is 0.488 bits per heavy atom. The first-order valence-electron chi connectivity index (χ1n) is 14.5. The second-order valence-electron chi connectivity index (χ2n) is 11.1. The lowest BCUT2D eigenvalue weighted by molar-refractivity contribution is 0.0237. The fourth-order valence-electron chi connectivity index (χ4n) is 7.38. The quantitative estimate of drug-likeness (QED) is 0.207. The Bertz CT molecular complexity index is 1560. The number of methoxy groups -OCH3 is 2. The summed E-state index contributed by atoms with van der Waals surface area (Å²) in [6, 6.07) is 45.6. The molecular weight excluding hydrogens is 502 g/mol. The van der Waals surface area contributed by atoms with Crippen molar-refractivity contribution in [3.8, 4) is 0 Å². The highest BCUT2D eigenvalue weighted by atomic mass is 16.5. The number of hydrogen-bond donors (Lipinski definition) is 0. The van der Waals surface area contributed by atoms with Gasteiger partial charge in [0.2, 0.25) is 0 Å². The Balaban J connectivity index is 1.43. The van der Waals surface area contributed by atoms with E-state index >= 15 is 0 Å². The molecule has 2 aliphatic carbocycles. The van der Waals surface area contributed by atoms with Gasteiger partial charge in [-0.25, -0.2) is 0 Å². The average molecular weight is 538 g/mol. The standard InChI is InChI=1S/C38H35NO2/c1-40-37(28-14-6-3-7-15-28)26-24-31-33(37)20-12-22-35(31)39(30-18-10-5-11-19-30)36-23-13-21-34-32(36)25-27-38(34,41-2)29-16-8-4-9-17-29/h3-23H,24-27H2,1-2H3. The lowest BCUT2D eigenvalue weighted by Crippen LogP contribution is -2.27. The summed E-state index contributed by atoms with van der Waals surface area (Å²) >= 11 is 0. The summed E-state index contributed by atoms with van der Waals surface area (Å²) in [6.07, 6.45) is 3.71. The largest absolute Gasteiger partial charge is 0.369 e. The number of rotatable bonds is 7. The summed E-state index contributed by atoms with van der Waals surface area (Å²) in [5.74, 6) is 0. The lowest BCUT2D eigenvalue weighted by atomic mass is 9.87. The van der Waals surface area contributed by atoms with Crippen LogP contribution in [-0.4, -0.2) is 14.2 Å². The van der Waals surface area contributed by atoms with Crippen molar-refractivity contribution < 1.29 is 9.47 Å². The van der Waals surface area contributed by atoms with Crippen molar-refractivity contribution in [2.45, 2.75) is 36.9 Å². The molecule has 7 rings (SSSR count). The molecule has 0 fully saturated rings. The smallest absolute Gasteiger partial charge is 0.118 e. The molecule has 0 N–H and O–H groups in total. The molecule has 0 radical (unpaired) electrons. The molecule has 2 atom stereocenters. The van der Waals surface area contributed by atoms with Crippen molar-refractivity contribution in [1.29, 1.82) is 0 Å². The van der Waals surface area contributed by atoms with Gasteiger partial charge in [-0.15, -0.1) is 0 Å². The van der Waals surface area contributed by atoms with Crippen molar-refractivity contribution in [1.82, 2.24) is 0 Å². The van der Waals surface area contributed by atoms with Gasteiger partial charge < -0.3 is 14.4 Å². The van der Waals surface area contributed by atoms with E-state index in [-0.39, 0.29) is 0 Å². The molecule has 3 nitrogen and oxygen atoms in total. The van der Waals surface area contributed by atoms with Crippen LogP contribution in [0.5, 0.6) is 0 Å². The van der Waals surface area contributed by atoms with Crippen LogP contribution < -0.4 is 4.90 Å². The van der Waals surface area contributed by atoms with Crippen molar-refractivity contribution >= 4 is 17.1 Å². The molecule has 0 aliphatic heterocycles. The zero-order chi connectivity index (χ0) is 27.9. The second kappa shape index (κ2) is 10.3. The molecule has 2 aliphatic rings. The van der Waals surface area contributed by atoms with Crippen molar-refractivity contribution in [3.05, 3.63) is 161 Å². The van der Waals surface area contributed by atoms with Gasteiger partial charge in [-0.05, 0) is 83.3 Å². The van der Waals surface area contributed by atoms with Crippen molar-refractivity contribution in [2.24, 2.45) is 0 Å². The number of para-hydroxylation sites is 1. The van der Waals surface area contributed by atoms with Crippen LogP contribution in [0, 0.1) is 0 Å². The highest BCUT2D eigenvalue weighted by Gasteiger charge is 2.44. The molecule has 0 amide bonds. The molecule has 3 heteroatoms. The molecule has 0 bridgehead atoms. The van der Waals surface area contributed by atoms with Gasteiger partial charge >= 0.3 is 0 Å². The number of nitrogens with zero attached hydrogens (tertiary/aromatic N) is 1. The molecule has 41 heavy (non-hydrogen) atoms. The fourth-order valence-corrected chi connectivity index (χ4v) is 7.38. The zero-order valence-electron chi connectivity index (χ0n) is 23.7. The molecule has 0 aromatic heterocycles. The maximum absolute atomic E-state index is 6.39. The Morgan fingerprint density at radius 3 is 1.32 bits per heavy atom. The van der Waals surface area contributed by atoms with E-state index < -0.39 is 11.2 Å². The van der Waals surface area contributed by atoms with E-state index in [1.807, 2.05) is 14.2 Å². The second-order valence-corrected chi connectivity index (χ2v) is 11.1. The summed E-state index contributed by atoms with van der Waals surface area (Å²) in [5, 5.41) is 0. The first kappa shape index (κ1) is 25.8. The number of hydrogen-bond acceptors (Lipinski definition) is 3. The third-order valence-corrected chi connectivity index (χ3v) is 9.30. The van der Waals surface area contributed by atoms with Gasteiger partial charge in [-0.1, -0.05) is 103 Å². The molecule has 0 heterocycles. The Morgan fingerprint density at radius 2 is 0.902 bits per heavy atom. The van der Waals surface area contributed by atoms with Gasteiger partial charge in [0.1, 0.15) is 11.2 Å². The monoisotopic (exact) mass is 537 g/mol. The summed E-state index contributed by atoms with van der Waals surface area (Å²) < 4.78 is 12.8. The summed E-state index contributed by atoms with van der Waals surface area (Å²) in [6.45, 7) is 0. The molecular formula is C38H35NO2. The van der Waals surface area contributed by atoms with E-state index in [1.54, 1.807) is 0 Å². The maximum atomic E-state index is 6.39. The Labute approximate surface area is 243 Å². The Kier molecular flexibility index (Phi) is 6.50. The van der Waals surface area contributed by atoms with Gasteiger partial charge in [-0.2, -0.15) is 0 Å². The summed E-state index contributed by atoms with van der Waals surface area (Å²) in [4.78, 5) is 2.46. The van der Waals surface area contributed by atoms with Gasteiger partial charge in [-0.3, -0.25) is 0 Å². The van der Waals surface area contributed by atoms with Crippen molar-refractivity contribution in [2.75, 3.05) is 19.1 Å². The molecule has 5 aromatic carbocycles. The van der Waals surface area contributed by atoms with Gasteiger partial charge in [0.05, 0.1) is 0 Å². The number of benzene rings is 5. The first-order chi connectivity index (χ1) is 20.2. The topological polar surface area (TPSA) is 21.7 Å². The minimum atomic E-state index is -0.452. The van der Waals surface area contributed by atoms with Crippen LogP contribution in [0.3, 0.4) is 0 Å². The Hall–Kier alpha value is -4.18. The van der Waals surface area contributed by atoms with Gasteiger partial charge in [0.25, 0.3) is 0 Å². The minimum Gasteiger partial charge on any atom is -0.369 e. The van der Waals surface area contributed by atoms with Crippen LogP contribution >= 0.6 is 0 Å².